The first-order chi connectivity index (χ1) is 5.15. The van der Waals surface area contributed by atoms with E-state index >= 15 is 0 Å². The molecule has 1 heterocycles. The van der Waals surface area contributed by atoms with Crippen molar-refractivity contribution >= 4 is 22.2 Å². The normalized spacial score (nSPS) is 12.0. The standard InChI is InChI=1S/C6H9N3OS/c1-3-5(4(2)9-10)11-6(7)8-3/h10H,1-2H3,(H2,7,8). The first-order valence-electron chi connectivity index (χ1n) is 3.07. The van der Waals surface area contributed by atoms with Gasteiger partial charge in [-0.15, -0.1) is 0 Å². The van der Waals surface area contributed by atoms with Crippen LogP contribution in [0.15, 0.2) is 5.16 Å². The van der Waals surface area contributed by atoms with E-state index in [2.05, 4.69) is 10.1 Å². The van der Waals surface area contributed by atoms with E-state index in [4.69, 9.17) is 10.9 Å². The highest BCUT2D eigenvalue weighted by atomic mass is 32.1. The van der Waals surface area contributed by atoms with E-state index < -0.39 is 0 Å². The molecule has 0 bridgehead atoms. The molecule has 11 heavy (non-hydrogen) atoms. The number of nitrogen functional groups attached to an aromatic ring is 1. The fourth-order valence-corrected chi connectivity index (χ4v) is 1.57. The summed E-state index contributed by atoms with van der Waals surface area (Å²) in [6.45, 7) is 3.54. The van der Waals surface area contributed by atoms with Gasteiger partial charge in [-0.05, 0) is 13.8 Å². The van der Waals surface area contributed by atoms with Crippen molar-refractivity contribution in [3.05, 3.63) is 10.6 Å². The molecule has 3 N–H and O–H groups in total. The maximum atomic E-state index is 8.45. The SMILES string of the molecule is CC(=NO)c1sc(N)nc1C. The molecular weight excluding hydrogens is 162 g/mol. The van der Waals surface area contributed by atoms with Crippen LogP contribution in [0.25, 0.3) is 0 Å². The molecule has 0 aliphatic rings. The summed E-state index contributed by atoms with van der Waals surface area (Å²) in [7, 11) is 0. The van der Waals surface area contributed by atoms with Crippen molar-refractivity contribution in [2.75, 3.05) is 5.73 Å². The minimum atomic E-state index is 0.500. The number of thiazole rings is 1. The molecule has 0 unspecified atom stereocenters. The van der Waals surface area contributed by atoms with Crippen molar-refractivity contribution < 1.29 is 5.21 Å². The Morgan fingerprint density at radius 2 is 2.36 bits per heavy atom. The van der Waals surface area contributed by atoms with E-state index in [1.807, 2.05) is 6.92 Å². The van der Waals surface area contributed by atoms with Gasteiger partial charge < -0.3 is 10.9 Å². The Morgan fingerprint density at radius 1 is 1.73 bits per heavy atom. The second-order valence-electron chi connectivity index (χ2n) is 2.15. The van der Waals surface area contributed by atoms with Gasteiger partial charge in [0.1, 0.15) is 0 Å². The maximum Gasteiger partial charge on any atom is 0.180 e. The Morgan fingerprint density at radius 3 is 2.73 bits per heavy atom. The molecule has 0 saturated heterocycles. The van der Waals surface area contributed by atoms with Crippen molar-refractivity contribution in [3.63, 3.8) is 0 Å². The van der Waals surface area contributed by atoms with Gasteiger partial charge in [0, 0.05) is 0 Å². The molecule has 0 fully saturated rings. The first kappa shape index (κ1) is 8.00. The molecule has 5 heteroatoms. The van der Waals surface area contributed by atoms with Crippen LogP contribution < -0.4 is 5.73 Å². The van der Waals surface area contributed by atoms with E-state index in [0.29, 0.717) is 10.8 Å². The van der Waals surface area contributed by atoms with E-state index in [9.17, 15) is 0 Å². The molecule has 1 aromatic heterocycles. The van der Waals surface area contributed by atoms with Crippen molar-refractivity contribution in [2.45, 2.75) is 13.8 Å². The molecule has 0 radical (unpaired) electrons. The quantitative estimate of drug-likeness (QED) is 0.379. The second-order valence-corrected chi connectivity index (χ2v) is 3.18. The molecule has 0 aromatic carbocycles. The summed E-state index contributed by atoms with van der Waals surface area (Å²) in [5, 5.41) is 12.0. The number of oxime groups is 1. The fourth-order valence-electron chi connectivity index (χ4n) is 0.798. The lowest BCUT2D eigenvalue weighted by atomic mass is 10.3. The Kier molecular flexibility index (Phi) is 2.09. The lowest BCUT2D eigenvalue weighted by molar-refractivity contribution is 0.319. The summed E-state index contributed by atoms with van der Waals surface area (Å²) in [5.74, 6) is 0. The Balaban J connectivity index is 3.13. The van der Waals surface area contributed by atoms with Crippen LogP contribution in [0.3, 0.4) is 0 Å². The minimum Gasteiger partial charge on any atom is -0.411 e. The number of nitrogens with two attached hydrogens (primary N) is 1. The average molecular weight is 171 g/mol. The Labute approximate surface area is 68.4 Å². The molecule has 0 spiro atoms. The monoisotopic (exact) mass is 171 g/mol. The zero-order chi connectivity index (χ0) is 8.43. The summed E-state index contributed by atoms with van der Waals surface area (Å²) >= 11 is 1.32. The first-order valence-corrected chi connectivity index (χ1v) is 3.88. The van der Waals surface area contributed by atoms with Crippen LogP contribution in [0.5, 0.6) is 0 Å². The van der Waals surface area contributed by atoms with E-state index in [0.717, 1.165) is 10.6 Å². The van der Waals surface area contributed by atoms with Crippen LogP contribution in [-0.4, -0.2) is 15.9 Å². The van der Waals surface area contributed by atoms with Gasteiger partial charge in [-0.1, -0.05) is 16.5 Å². The van der Waals surface area contributed by atoms with Gasteiger partial charge in [0.25, 0.3) is 0 Å². The molecule has 4 nitrogen and oxygen atoms in total. The van der Waals surface area contributed by atoms with Gasteiger partial charge in [0.2, 0.25) is 0 Å². The number of aryl methyl sites for hydroxylation is 1. The van der Waals surface area contributed by atoms with Crippen LogP contribution in [0.1, 0.15) is 17.5 Å². The molecule has 0 aliphatic carbocycles. The van der Waals surface area contributed by atoms with Gasteiger partial charge in [-0.25, -0.2) is 4.98 Å². The number of rotatable bonds is 1. The summed E-state index contributed by atoms with van der Waals surface area (Å²) in [4.78, 5) is 4.82. The third-order valence-electron chi connectivity index (χ3n) is 1.29. The minimum absolute atomic E-state index is 0.500. The van der Waals surface area contributed by atoms with Gasteiger partial charge in [-0.3, -0.25) is 0 Å². The van der Waals surface area contributed by atoms with Crippen LogP contribution >= 0.6 is 11.3 Å². The van der Waals surface area contributed by atoms with Crippen molar-refractivity contribution in [3.8, 4) is 0 Å². The highest BCUT2D eigenvalue weighted by molar-refractivity contribution is 7.17. The van der Waals surface area contributed by atoms with Crippen molar-refractivity contribution in [1.29, 1.82) is 0 Å². The van der Waals surface area contributed by atoms with E-state index in [-0.39, 0.29) is 0 Å². The van der Waals surface area contributed by atoms with Gasteiger partial charge >= 0.3 is 0 Å². The summed E-state index contributed by atoms with van der Waals surface area (Å²) in [6.07, 6.45) is 0. The molecule has 1 rings (SSSR count). The highest BCUT2D eigenvalue weighted by Crippen LogP contribution is 2.19. The number of aromatic nitrogens is 1. The second kappa shape index (κ2) is 2.87. The number of hydrogen-bond donors (Lipinski definition) is 2. The van der Waals surface area contributed by atoms with Crippen LogP contribution in [0.4, 0.5) is 5.13 Å². The molecule has 0 aliphatic heterocycles. The lowest BCUT2D eigenvalue weighted by Gasteiger charge is -1.90. The zero-order valence-corrected chi connectivity index (χ0v) is 7.14. The van der Waals surface area contributed by atoms with E-state index in [1.165, 1.54) is 11.3 Å². The molecular formula is C6H9N3OS. The fraction of sp³-hybridized carbons (Fsp3) is 0.333. The van der Waals surface area contributed by atoms with Crippen LogP contribution in [0, 0.1) is 6.92 Å². The average Bonchev–Trinajstić information content (AvgIpc) is 2.28. The predicted octanol–water partition coefficient (Wildman–Crippen LogP) is 1.23. The Bertz CT molecular complexity index is 292. The smallest absolute Gasteiger partial charge is 0.180 e. The third kappa shape index (κ3) is 1.48. The largest absolute Gasteiger partial charge is 0.411 e. The molecule has 1 aromatic rings. The number of hydrogen-bond acceptors (Lipinski definition) is 5. The molecule has 60 valence electrons. The van der Waals surface area contributed by atoms with Crippen molar-refractivity contribution in [1.82, 2.24) is 4.98 Å². The van der Waals surface area contributed by atoms with E-state index in [1.54, 1.807) is 6.92 Å². The predicted molar refractivity (Wildman–Crippen MR) is 45.3 cm³/mol. The van der Waals surface area contributed by atoms with Crippen molar-refractivity contribution in [2.24, 2.45) is 5.16 Å². The zero-order valence-electron chi connectivity index (χ0n) is 6.33. The molecule has 0 atom stereocenters. The summed E-state index contributed by atoms with van der Waals surface area (Å²) in [6, 6.07) is 0. The van der Waals surface area contributed by atoms with Crippen LogP contribution in [0.2, 0.25) is 0 Å². The van der Waals surface area contributed by atoms with Gasteiger partial charge in [0.05, 0.1) is 16.3 Å². The lowest BCUT2D eigenvalue weighted by Crippen LogP contribution is -1.92. The number of anilines is 1. The van der Waals surface area contributed by atoms with Gasteiger partial charge in [0.15, 0.2) is 5.13 Å². The topological polar surface area (TPSA) is 71.5 Å². The summed E-state index contributed by atoms with van der Waals surface area (Å²) < 4.78 is 0. The third-order valence-corrected chi connectivity index (χ3v) is 2.39. The molecule has 0 amide bonds. The molecule has 0 saturated carbocycles. The van der Waals surface area contributed by atoms with Crippen LogP contribution in [-0.2, 0) is 0 Å². The highest BCUT2D eigenvalue weighted by Gasteiger charge is 2.07. The Hall–Kier alpha value is -1.10. The van der Waals surface area contributed by atoms with Gasteiger partial charge in [-0.2, -0.15) is 0 Å². The summed E-state index contributed by atoms with van der Waals surface area (Å²) in [5.41, 5.74) is 6.80. The number of nitrogens with zero attached hydrogens (tertiary/aromatic N) is 2. The maximum absolute atomic E-state index is 8.45.